The van der Waals surface area contributed by atoms with Crippen LogP contribution in [0.1, 0.15) is 18.4 Å². The van der Waals surface area contributed by atoms with Gasteiger partial charge in [0.15, 0.2) is 6.61 Å². The molecule has 9 nitrogen and oxygen atoms in total. The van der Waals surface area contributed by atoms with Crippen molar-refractivity contribution in [3.05, 3.63) is 59.9 Å². The van der Waals surface area contributed by atoms with Gasteiger partial charge in [0.25, 0.3) is 0 Å². The Balaban J connectivity index is 1.48. The molecule has 1 aromatic heterocycles. The van der Waals surface area contributed by atoms with Crippen molar-refractivity contribution in [3.63, 3.8) is 0 Å². The summed E-state index contributed by atoms with van der Waals surface area (Å²) in [5.74, 6) is -0.568. The summed E-state index contributed by atoms with van der Waals surface area (Å²) in [5, 5.41) is 5.85. The van der Waals surface area contributed by atoms with Crippen LogP contribution in [-0.2, 0) is 10.0 Å². The van der Waals surface area contributed by atoms with E-state index < -0.39 is 34.6 Å². The van der Waals surface area contributed by atoms with Crippen molar-refractivity contribution in [2.24, 2.45) is 0 Å². The second-order valence-electron chi connectivity index (χ2n) is 8.39. The van der Waals surface area contributed by atoms with E-state index in [9.17, 15) is 26.0 Å². The maximum absolute atomic E-state index is 13.6. The zero-order valence-electron chi connectivity index (χ0n) is 19.7. The van der Waals surface area contributed by atoms with Crippen molar-refractivity contribution in [1.82, 2.24) is 19.3 Å². The molecule has 1 saturated heterocycles. The molecule has 0 radical (unpaired) electrons. The minimum atomic E-state index is -4.60. The highest BCUT2D eigenvalue weighted by Crippen LogP contribution is 2.24. The quantitative estimate of drug-likeness (QED) is 0.408. The van der Waals surface area contributed by atoms with E-state index in [0.717, 1.165) is 0 Å². The minimum absolute atomic E-state index is 0.0436. The standard InChI is InChI=1S/C23H24F4N6O3S/c1-15-13-17(7-8-19(15)24)29-21-30-20(31-22(32-21)36-14-23(25,26)27)28-16-9-11-33(12-10-16)37(34,35)18-5-3-2-4-6-18/h2-8,13,16H,9-12,14H2,1H3,(H2,28,29,30,31,32). The summed E-state index contributed by atoms with van der Waals surface area (Å²) in [6.07, 6.45) is -3.77. The number of alkyl halides is 3. The predicted molar refractivity (Wildman–Crippen MR) is 128 cm³/mol. The number of hydrogen-bond donors (Lipinski definition) is 2. The number of anilines is 3. The number of benzene rings is 2. The number of nitrogens with one attached hydrogen (secondary N) is 2. The number of piperidine rings is 1. The Morgan fingerprint density at radius 3 is 2.35 bits per heavy atom. The van der Waals surface area contributed by atoms with Crippen LogP contribution in [0.5, 0.6) is 6.01 Å². The van der Waals surface area contributed by atoms with Crippen LogP contribution in [0.2, 0.25) is 0 Å². The summed E-state index contributed by atoms with van der Waals surface area (Å²) < 4.78 is 83.4. The molecule has 14 heteroatoms. The predicted octanol–water partition coefficient (Wildman–Crippen LogP) is 4.27. The summed E-state index contributed by atoms with van der Waals surface area (Å²) in [6.45, 7) is 0.430. The molecule has 1 aliphatic rings. The summed E-state index contributed by atoms with van der Waals surface area (Å²) >= 11 is 0. The Morgan fingerprint density at radius 2 is 1.70 bits per heavy atom. The summed E-state index contributed by atoms with van der Waals surface area (Å²) in [4.78, 5) is 12.2. The highest BCUT2D eigenvalue weighted by molar-refractivity contribution is 7.89. The second-order valence-corrected chi connectivity index (χ2v) is 10.3. The molecule has 198 valence electrons. The molecule has 37 heavy (non-hydrogen) atoms. The summed E-state index contributed by atoms with van der Waals surface area (Å²) in [7, 11) is -3.63. The van der Waals surface area contributed by atoms with Crippen molar-refractivity contribution < 1.29 is 30.7 Å². The normalized spacial score (nSPS) is 15.4. The van der Waals surface area contributed by atoms with Gasteiger partial charge in [0.2, 0.25) is 21.9 Å². The van der Waals surface area contributed by atoms with Crippen LogP contribution in [0, 0.1) is 12.7 Å². The number of aromatic nitrogens is 3. The molecule has 2 heterocycles. The van der Waals surface area contributed by atoms with Gasteiger partial charge in [0, 0.05) is 24.8 Å². The number of hydrogen-bond acceptors (Lipinski definition) is 8. The first-order valence-electron chi connectivity index (χ1n) is 11.3. The molecule has 1 aliphatic heterocycles. The van der Waals surface area contributed by atoms with Crippen molar-refractivity contribution in [2.75, 3.05) is 30.3 Å². The summed E-state index contributed by atoms with van der Waals surface area (Å²) in [6, 6.07) is 11.4. The van der Waals surface area contributed by atoms with Crippen LogP contribution in [0.15, 0.2) is 53.4 Å². The van der Waals surface area contributed by atoms with Crippen LogP contribution in [-0.4, -0.2) is 59.6 Å². The molecule has 0 spiro atoms. The molecule has 0 bridgehead atoms. The van der Waals surface area contributed by atoms with Crippen LogP contribution >= 0.6 is 0 Å². The number of rotatable bonds is 8. The number of halogens is 4. The third kappa shape index (κ3) is 7.04. The molecule has 0 aliphatic carbocycles. The molecule has 2 aromatic carbocycles. The van der Waals surface area contributed by atoms with Crippen molar-refractivity contribution >= 4 is 27.6 Å². The SMILES string of the molecule is Cc1cc(Nc2nc(NC3CCN(S(=O)(=O)c4ccccc4)CC3)nc(OCC(F)(F)F)n2)ccc1F. The van der Waals surface area contributed by atoms with Crippen molar-refractivity contribution in [3.8, 4) is 6.01 Å². The third-order valence-electron chi connectivity index (χ3n) is 5.56. The molecule has 0 atom stereocenters. The van der Waals surface area contributed by atoms with Gasteiger partial charge in [-0.15, -0.1) is 0 Å². The van der Waals surface area contributed by atoms with Gasteiger partial charge >= 0.3 is 12.2 Å². The van der Waals surface area contributed by atoms with Gasteiger partial charge in [-0.2, -0.15) is 32.4 Å². The Bertz CT molecular complexity index is 1330. The first kappa shape index (κ1) is 26.5. The first-order valence-corrected chi connectivity index (χ1v) is 12.7. The molecule has 0 unspecified atom stereocenters. The van der Waals surface area contributed by atoms with E-state index in [-0.39, 0.29) is 35.9 Å². The Morgan fingerprint density at radius 1 is 1.03 bits per heavy atom. The molecule has 4 rings (SSSR count). The van der Waals surface area contributed by atoms with Crippen LogP contribution in [0.4, 0.5) is 35.1 Å². The molecule has 3 aromatic rings. The molecule has 0 amide bonds. The third-order valence-corrected chi connectivity index (χ3v) is 7.47. The van der Waals surface area contributed by atoms with E-state index in [1.807, 2.05) is 0 Å². The maximum atomic E-state index is 13.6. The van der Waals surface area contributed by atoms with Crippen LogP contribution < -0.4 is 15.4 Å². The first-order chi connectivity index (χ1) is 17.5. The fourth-order valence-corrected chi connectivity index (χ4v) is 5.19. The van der Waals surface area contributed by atoms with E-state index >= 15 is 0 Å². The average molecular weight is 541 g/mol. The largest absolute Gasteiger partial charge is 0.454 e. The Kier molecular flexibility index (Phi) is 7.78. The van der Waals surface area contributed by atoms with Gasteiger partial charge in [-0.05, 0) is 55.7 Å². The molecule has 2 N–H and O–H groups in total. The zero-order chi connectivity index (χ0) is 26.6. The lowest BCUT2D eigenvalue weighted by Crippen LogP contribution is -2.42. The van der Waals surface area contributed by atoms with E-state index in [1.165, 1.54) is 34.6 Å². The molecule has 1 fully saturated rings. The Hall–Kier alpha value is -3.52. The average Bonchev–Trinajstić information content (AvgIpc) is 2.85. The lowest BCUT2D eigenvalue weighted by atomic mass is 10.1. The zero-order valence-corrected chi connectivity index (χ0v) is 20.5. The van der Waals surface area contributed by atoms with Crippen LogP contribution in [0.25, 0.3) is 0 Å². The summed E-state index contributed by atoms with van der Waals surface area (Å²) in [5.41, 5.74) is 0.764. The smallest absolute Gasteiger partial charge is 0.422 e. The van der Waals surface area contributed by atoms with Crippen molar-refractivity contribution in [1.29, 1.82) is 0 Å². The highest BCUT2D eigenvalue weighted by atomic mass is 32.2. The number of sulfonamides is 1. The number of ether oxygens (including phenoxy) is 1. The van der Waals surface area contributed by atoms with Gasteiger partial charge < -0.3 is 15.4 Å². The van der Waals surface area contributed by atoms with Gasteiger partial charge in [-0.1, -0.05) is 18.2 Å². The Labute approximate surface area is 211 Å². The minimum Gasteiger partial charge on any atom is -0.454 e. The lowest BCUT2D eigenvalue weighted by molar-refractivity contribution is -0.154. The monoisotopic (exact) mass is 540 g/mol. The van der Waals surface area contributed by atoms with E-state index in [1.54, 1.807) is 25.1 Å². The molecule has 0 saturated carbocycles. The second kappa shape index (κ2) is 10.8. The fourth-order valence-electron chi connectivity index (χ4n) is 3.70. The molecular weight excluding hydrogens is 516 g/mol. The van der Waals surface area contributed by atoms with E-state index in [2.05, 4.69) is 25.6 Å². The van der Waals surface area contributed by atoms with Gasteiger partial charge in [0.1, 0.15) is 5.82 Å². The fraction of sp³-hybridized carbons (Fsp3) is 0.348. The van der Waals surface area contributed by atoms with Crippen LogP contribution in [0.3, 0.4) is 0 Å². The van der Waals surface area contributed by atoms with Gasteiger partial charge in [0.05, 0.1) is 4.90 Å². The maximum Gasteiger partial charge on any atom is 0.422 e. The van der Waals surface area contributed by atoms with E-state index in [4.69, 9.17) is 4.74 Å². The van der Waals surface area contributed by atoms with Gasteiger partial charge in [-0.3, -0.25) is 0 Å². The van der Waals surface area contributed by atoms with Crippen molar-refractivity contribution in [2.45, 2.75) is 36.9 Å². The van der Waals surface area contributed by atoms with Gasteiger partial charge in [-0.25, -0.2) is 12.8 Å². The number of aryl methyl sites for hydroxylation is 1. The topological polar surface area (TPSA) is 109 Å². The highest BCUT2D eigenvalue weighted by Gasteiger charge is 2.31. The lowest BCUT2D eigenvalue weighted by Gasteiger charge is -2.31. The molecular formula is C23H24F4N6O3S. The number of nitrogens with zero attached hydrogens (tertiary/aromatic N) is 4. The van der Waals surface area contributed by atoms with E-state index in [0.29, 0.717) is 24.1 Å².